The molecule has 1 aromatic carbocycles. The molecule has 3 aromatic rings. The molecule has 1 aliphatic carbocycles. The Morgan fingerprint density at radius 1 is 1.12 bits per heavy atom. The molecule has 0 amide bonds. The maximum atomic E-state index is 13.9. The first-order chi connectivity index (χ1) is 15.8. The third-order valence-electron chi connectivity index (χ3n) is 5.85. The van der Waals surface area contributed by atoms with E-state index in [0.29, 0.717) is 38.7 Å². The normalized spacial score (nSPS) is 14.4. The van der Waals surface area contributed by atoms with Gasteiger partial charge in [-0.15, -0.1) is 0 Å². The Balaban J connectivity index is 1.47. The second-order valence-electron chi connectivity index (χ2n) is 8.44. The number of hydrogen-bond acceptors (Lipinski definition) is 6. The molecular weight excluding hydrogens is 431 g/mol. The molecule has 0 bridgehead atoms. The molecule has 176 valence electrons. The van der Waals surface area contributed by atoms with Crippen LogP contribution in [-0.4, -0.2) is 38.0 Å². The van der Waals surface area contributed by atoms with Crippen LogP contribution in [0.4, 0.5) is 4.39 Å². The Hall–Kier alpha value is -3.43. The van der Waals surface area contributed by atoms with Crippen molar-refractivity contribution in [2.45, 2.75) is 51.2 Å². The van der Waals surface area contributed by atoms with E-state index >= 15 is 0 Å². The van der Waals surface area contributed by atoms with Crippen molar-refractivity contribution in [3.63, 3.8) is 0 Å². The van der Waals surface area contributed by atoms with Gasteiger partial charge in [0, 0.05) is 20.0 Å². The summed E-state index contributed by atoms with van der Waals surface area (Å²) in [5.74, 6) is 0.788. The lowest BCUT2D eigenvalue weighted by Gasteiger charge is -2.13. The maximum absolute atomic E-state index is 13.9. The summed E-state index contributed by atoms with van der Waals surface area (Å²) >= 11 is 0. The van der Waals surface area contributed by atoms with Gasteiger partial charge in [0.05, 0.1) is 13.2 Å². The predicted octanol–water partition coefficient (Wildman–Crippen LogP) is 2.22. The highest BCUT2D eigenvalue weighted by Gasteiger charge is 2.42. The molecule has 0 saturated heterocycles. The van der Waals surface area contributed by atoms with Crippen LogP contribution in [0.1, 0.15) is 37.7 Å². The molecule has 33 heavy (non-hydrogen) atoms. The number of alkyl halides is 1. The minimum absolute atomic E-state index is 0.105. The summed E-state index contributed by atoms with van der Waals surface area (Å²) in [4.78, 5) is 44.6. The Kier molecular flexibility index (Phi) is 6.35. The number of H-pyrrole nitrogens is 1. The quantitative estimate of drug-likeness (QED) is 0.467. The van der Waals surface area contributed by atoms with Crippen LogP contribution in [0, 0.1) is 6.92 Å². The molecule has 1 fully saturated rings. The molecule has 1 aliphatic rings. The van der Waals surface area contributed by atoms with Gasteiger partial charge in [-0.1, -0.05) is 18.2 Å². The fraction of sp³-hybridized carbons (Fsp3) is 0.478. The third-order valence-corrected chi connectivity index (χ3v) is 5.85. The van der Waals surface area contributed by atoms with E-state index in [9.17, 15) is 18.8 Å². The molecule has 1 N–H and O–H groups in total. The molecule has 2 heterocycles. The van der Waals surface area contributed by atoms with Crippen molar-refractivity contribution in [3.8, 4) is 11.8 Å². The Morgan fingerprint density at radius 3 is 2.58 bits per heavy atom. The van der Waals surface area contributed by atoms with E-state index < -0.39 is 22.5 Å². The van der Waals surface area contributed by atoms with Crippen molar-refractivity contribution in [1.82, 2.24) is 19.1 Å². The lowest BCUT2D eigenvalue weighted by molar-refractivity contribution is 0.235. The highest BCUT2D eigenvalue weighted by atomic mass is 19.1. The largest absolute Gasteiger partial charge is 0.493 e. The number of aromatic amines is 1. The average molecular weight is 458 g/mol. The first kappa shape index (κ1) is 22.8. The van der Waals surface area contributed by atoms with Crippen LogP contribution >= 0.6 is 0 Å². The van der Waals surface area contributed by atoms with E-state index in [0.717, 1.165) is 15.9 Å². The molecular formula is C23H27FN4O5. The number of hydrogen-bond donors (Lipinski definition) is 1. The number of fused-ring (bicyclic) bond motifs is 1. The Bertz CT molecular complexity index is 1340. The Labute approximate surface area is 188 Å². The minimum Gasteiger partial charge on any atom is -0.493 e. The molecule has 0 aliphatic heterocycles. The number of rotatable bonds is 10. The van der Waals surface area contributed by atoms with Gasteiger partial charge in [-0.3, -0.25) is 23.7 Å². The van der Waals surface area contributed by atoms with Gasteiger partial charge in [0.2, 0.25) is 0 Å². The minimum atomic E-state index is -1.16. The van der Waals surface area contributed by atoms with Crippen LogP contribution in [0.25, 0.3) is 11.0 Å². The topological polar surface area (TPSA) is 108 Å². The van der Waals surface area contributed by atoms with Crippen molar-refractivity contribution in [3.05, 3.63) is 61.0 Å². The van der Waals surface area contributed by atoms with Gasteiger partial charge in [0.1, 0.15) is 16.9 Å². The molecule has 10 heteroatoms. The van der Waals surface area contributed by atoms with Gasteiger partial charge >= 0.3 is 5.69 Å². The van der Waals surface area contributed by atoms with Crippen LogP contribution in [0.2, 0.25) is 0 Å². The van der Waals surface area contributed by atoms with E-state index in [-0.39, 0.29) is 30.2 Å². The summed E-state index contributed by atoms with van der Waals surface area (Å²) in [7, 11) is 1.32. The molecule has 1 saturated carbocycles. The maximum Gasteiger partial charge on any atom is 0.331 e. The van der Waals surface area contributed by atoms with Gasteiger partial charge in [-0.25, -0.2) is 9.18 Å². The summed E-state index contributed by atoms with van der Waals surface area (Å²) in [5.41, 5.74) is -2.38. The molecule has 9 nitrogen and oxygen atoms in total. The number of aryl methyl sites for hydroxylation is 2. The van der Waals surface area contributed by atoms with Crippen LogP contribution in [-0.2, 0) is 13.6 Å². The van der Waals surface area contributed by atoms with Crippen molar-refractivity contribution >= 4 is 11.0 Å². The molecule has 0 radical (unpaired) electrons. The fourth-order valence-corrected chi connectivity index (χ4v) is 3.71. The van der Waals surface area contributed by atoms with Crippen LogP contribution in [0.3, 0.4) is 0 Å². The number of nitrogens with one attached hydrogen (secondary N) is 1. The van der Waals surface area contributed by atoms with Crippen molar-refractivity contribution < 1.29 is 13.9 Å². The van der Waals surface area contributed by atoms with Crippen molar-refractivity contribution in [2.75, 3.05) is 13.2 Å². The summed E-state index contributed by atoms with van der Waals surface area (Å²) in [6, 6.07) is 7.56. The summed E-state index contributed by atoms with van der Waals surface area (Å²) in [5, 5.41) is 0. The average Bonchev–Trinajstić information content (AvgIpc) is 3.52. The van der Waals surface area contributed by atoms with E-state index in [2.05, 4.69) is 9.97 Å². The van der Waals surface area contributed by atoms with E-state index in [1.165, 1.54) is 11.6 Å². The monoisotopic (exact) mass is 458 g/mol. The lowest BCUT2D eigenvalue weighted by atomic mass is 10.2. The number of ether oxygens (including phenoxy) is 2. The first-order valence-electron chi connectivity index (χ1n) is 11.0. The van der Waals surface area contributed by atoms with Gasteiger partial charge in [-0.2, -0.15) is 4.98 Å². The SMILES string of the molecule is Cc1ccccc1OCCCOc1nc2c(=O)n(C)c(=O)n(CCCC3(F)CC3)c2c(=O)[nH]1. The van der Waals surface area contributed by atoms with Crippen LogP contribution in [0.15, 0.2) is 38.6 Å². The number of benzene rings is 1. The van der Waals surface area contributed by atoms with Crippen molar-refractivity contribution in [2.24, 2.45) is 7.05 Å². The van der Waals surface area contributed by atoms with Crippen LogP contribution in [0.5, 0.6) is 11.8 Å². The van der Waals surface area contributed by atoms with E-state index in [4.69, 9.17) is 9.47 Å². The lowest BCUT2D eigenvalue weighted by Crippen LogP contribution is -2.41. The van der Waals surface area contributed by atoms with Gasteiger partial charge in [-0.05, 0) is 44.2 Å². The number of para-hydroxylation sites is 1. The molecule has 0 unspecified atom stereocenters. The fourth-order valence-electron chi connectivity index (χ4n) is 3.71. The summed E-state index contributed by atoms with van der Waals surface area (Å²) in [6.45, 7) is 2.69. The van der Waals surface area contributed by atoms with Gasteiger partial charge in [0.15, 0.2) is 5.52 Å². The number of nitrogens with zero attached hydrogens (tertiary/aromatic N) is 3. The van der Waals surface area contributed by atoms with Gasteiger partial charge in [0.25, 0.3) is 17.1 Å². The van der Waals surface area contributed by atoms with Gasteiger partial charge < -0.3 is 9.47 Å². The highest BCUT2D eigenvalue weighted by molar-refractivity contribution is 5.72. The second kappa shape index (κ2) is 9.21. The van der Waals surface area contributed by atoms with Crippen LogP contribution < -0.4 is 26.3 Å². The van der Waals surface area contributed by atoms with E-state index in [1.807, 2.05) is 31.2 Å². The molecule has 2 aromatic heterocycles. The smallest absolute Gasteiger partial charge is 0.331 e. The number of halogens is 1. The zero-order chi connectivity index (χ0) is 23.6. The highest BCUT2D eigenvalue weighted by Crippen LogP contribution is 2.43. The molecule has 0 atom stereocenters. The second-order valence-corrected chi connectivity index (χ2v) is 8.44. The predicted molar refractivity (Wildman–Crippen MR) is 121 cm³/mol. The number of aromatic nitrogens is 4. The summed E-state index contributed by atoms with van der Waals surface area (Å²) in [6.07, 6.45) is 2.26. The molecule has 4 rings (SSSR count). The van der Waals surface area contributed by atoms with Crippen molar-refractivity contribution in [1.29, 1.82) is 0 Å². The third kappa shape index (κ3) is 4.99. The zero-order valence-corrected chi connectivity index (χ0v) is 18.7. The standard InChI is InChI=1S/C23H27FN4O5/c1-15-7-3-4-8-16(15)32-13-6-14-33-21-25-17-18(19(29)26-21)28(22(31)27(2)20(17)30)12-5-9-23(24)10-11-23/h3-4,7-8H,5-6,9-14H2,1-2H3,(H,25,26,29). The molecule has 0 spiro atoms. The summed E-state index contributed by atoms with van der Waals surface area (Å²) < 4.78 is 27.3. The first-order valence-corrected chi connectivity index (χ1v) is 11.0. The van der Waals surface area contributed by atoms with E-state index in [1.54, 1.807) is 0 Å². The zero-order valence-electron chi connectivity index (χ0n) is 18.7. The Morgan fingerprint density at radius 2 is 1.85 bits per heavy atom.